The van der Waals surface area contributed by atoms with Gasteiger partial charge in [0.2, 0.25) is 0 Å². The van der Waals surface area contributed by atoms with Crippen LogP contribution < -0.4 is 4.74 Å². The van der Waals surface area contributed by atoms with Gasteiger partial charge in [0.25, 0.3) is 0 Å². The number of para-hydroxylation sites is 1. The second kappa shape index (κ2) is 3.75. The van der Waals surface area contributed by atoms with Gasteiger partial charge in [-0.25, -0.2) is 9.18 Å². The van der Waals surface area contributed by atoms with Crippen LogP contribution in [0.1, 0.15) is 13.8 Å². The average molecular weight is 198 g/mol. The summed E-state index contributed by atoms with van der Waals surface area (Å²) in [6, 6.07) is 5.51. The number of ether oxygens (including phenoxy) is 1. The van der Waals surface area contributed by atoms with Crippen molar-refractivity contribution in [3.8, 4) is 5.75 Å². The van der Waals surface area contributed by atoms with Crippen molar-refractivity contribution in [2.45, 2.75) is 19.4 Å². The van der Waals surface area contributed by atoms with Crippen molar-refractivity contribution in [3.05, 3.63) is 30.1 Å². The number of rotatable bonds is 2. The molecule has 0 atom stereocenters. The number of benzene rings is 1. The lowest BCUT2D eigenvalue weighted by molar-refractivity contribution is -0.151. The summed E-state index contributed by atoms with van der Waals surface area (Å²) in [6.07, 6.45) is 0. The molecule has 0 fully saturated rings. The van der Waals surface area contributed by atoms with E-state index in [1.54, 1.807) is 0 Å². The van der Waals surface area contributed by atoms with E-state index in [1.807, 2.05) is 0 Å². The van der Waals surface area contributed by atoms with Crippen LogP contribution in [-0.4, -0.2) is 16.7 Å². The van der Waals surface area contributed by atoms with E-state index in [0.29, 0.717) is 0 Å². The van der Waals surface area contributed by atoms with Gasteiger partial charge in [-0.15, -0.1) is 0 Å². The van der Waals surface area contributed by atoms with Crippen LogP contribution in [0.25, 0.3) is 0 Å². The molecule has 0 aliphatic rings. The van der Waals surface area contributed by atoms with Gasteiger partial charge >= 0.3 is 5.97 Å². The highest BCUT2D eigenvalue weighted by Crippen LogP contribution is 2.17. The summed E-state index contributed by atoms with van der Waals surface area (Å²) in [5.41, 5.74) is -1.62. The number of aliphatic hydroxyl groups is 1. The predicted octanol–water partition coefficient (Wildman–Crippen LogP) is 1.50. The minimum absolute atomic E-state index is 0.181. The van der Waals surface area contributed by atoms with Crippen LogP contribution in [0.4, 0.5) is 4.39 Å². The molecule has 0 heterocycles. The van der Waals surface area contributed by atoms with Crippen molar-refractivity contribution < 1.29 is 19.0 Å². The molecular weight excluding hydrogens is 187 g/mol. The van der Waals surface area contributed by atoms with Gasteiger partial charge < -0.3 is 9.84 Å². The van der Waals surface area contributed by atoms with Gasteiger partial charge in [0, 0.05) is 0 Å². The van der Waals surface area contributed by atoms with Crippen molar-refractivity contribution in [2.75, 3.05) is 0 Å². The molecule has 0 bridgehead atoms. The van der Waals surface area contributed by atoms with Crippen LogP contribution in [-0.2, 0) is 4.79 Å². The van der Waals surface area contributed by atoms with Gasteiger partial charge in [0.1, 0.15) is 0 Å². The van der Waals surface area contributed by atoms with Crippen LogP contribution in [0.2, 0.25) is 0 Å². The van der Waals surface area contributed by atoms with E-state index in [2.05, 4.69) is 4.74 Å². The molecule has 1 aromatic rings. The van der Waals surface area contributed by atoms with Gasteiger partial charge in [-0.2, -0.15) is 0 Å². The Balaban J connectivity index is 2.80. The summed E-state index contributed by atoms with van der Waals surface area (Å²) in [6.45, 7) is 2.55. The molecule has 0 aliphatic carbocycles. The SMILES string of the molecule is CC(C)(O)C(=O)Oc1ccccc1F. The molecular formula is C10H11FO3. The number of carbonyl (C=O) groups excluding carboxylic acids is 1. The minimum atomic E-state index is -1.62. The van der Waals surface area contributed by atoms with Crippen molar-refractivity contribution in [1.29, 1.82) is 0 Å². The smallest absolute Gasteiger partial charge is 0.343 e. The van der Waals surface area contributed by atoms with Crippen molar-refractivity contribution >= 4 is 5.97 Å². The molecule has 1 N–H and O–H groups in total. The van der Waals surface area contributed by atoms with Crippen molar-refractivity contribution in [2.24, 2.45) is 0 Å². The standard InChI is InChI=1S/C10H11FO3/c1-10(2,13)9(12)14-8-6-4-3-5-7(8)11/h3-6,13H,1-2H3. The molecule has 0 amide bonds. The molecule has 0 aliphatic heterocycles. The minimum Gasteiger partial charge on any atom is -0.421 e. The first-order valence-electron chi connectivity index (χ1n) is 4.10. The van der Waals surface area contributed by atoms with E-state index in [-0.39, 0.29) is 5.75 Å². The summed E-state index contributed by atoms with van der Waals surface area (Å²) >= 11 is 0. The topological polar surface area (TPSA) is 46.5 Å². The molecule has 0 radical (unpaired) electrons. The fourth-order valence-corrected chi connectivity index (χ4v) is 0.752. The quantitative estimate of drug-likeness (QED) is 0.578. The summed E-state index contributed by atoms with van der Waals surface area (Å²) in [4.78, 5) is 11.1. The van der Waals surface area contributed by atoms with E-state index in [4.69, 9.17) is 0 Å². The van der Waals surface area contributed by atoms with Crippen LogP contribution >= 0.6 is 0 Å². The third-order valence-electron chi connectivity index (χ3n) is 1.54. The molecule has 0 spiro atoms. The first-order valence-corrected chi connectivity index (χ1v) is 4.10. The zero-order chi connectivity index (χ0) is 10.8. The van der Waals surface area contributed by atoms with Gasteiger partial charge in [0.05, 0.1) is 0 Å². The first-order chi connectivity index (χ1) is 6.41. The lowest BCUT2D eigenvalue weighted by Crippen LogP contribution is -2.35. The van der Waals surface area contributed by atoms with Crippen LogP contribution in [0, 0.1) is 5.82 Å². The first kappa shape index (κ1) is 10.7. The predicted molar refractivity (Wildman–Crippen MR) is 48.3 cm³/mol. The maximum atomic E-state index is 13.0. The fourth-order valence-electron chi connectivity index (χ4n) is 0.752. The molecule has 14 heavy (non-hydrogen) atoms. The van der Waals surface area contributed by atoms with Gasteiger partial charge in [-0.05, 0) is 26.0 Å². The summed E-state index contributed by atoms with van der Waals surface area (Å²) < 4.78 is 17.6. The number of hydrogen-bond acceptors (Lipinski definition) is 3. The Hall–Kier alpha value is -1.42. The number of halogens is 1. The largest absolute Gasteiger partial charge is 0.421 e. The van der Waals surface area contributed by atoms with E-state index in [9.17, 15) is 14.3 Å². The summed E-state index contributed by atoms with van der Waals surface area (Å²) in [5, 5.41) is 9.24. The van der Waals surface area contributed by atoms with E-state index < -0.39 is 17.4 Å². The molecule has 1 rings (SSSR count). The zero-order valence-corrected chi connectivity index (χ0v) is 7.95. The monoisotopic (exact) mass is 198 g/mol. The maximum Gasteiger partial charge on any atom is 0.343 e. The lowest BCUT2D eigenvalue weighted by Gasteiger charge is -2.15. The van der Waals surface area contributed by atoms with Crippen LogP contribution in [0.15, 0.2) is 24.3 Å². The molecule has 4 heteroatoms. The van der Waals surface area contributed by atoms with Gasteiger partial charge in [-0.1, -0.05) is 12.1 Å². The molecule has 0 aromatic heterocycles. The third-order valence-corrected chi connectivity index (χ3v) is 1.54. The molecule has 0 saturated heterocycles. The Labute approximate surface area is 81.1 Å². The number of carbonyl (C=O) groups is 1. The Morgan fingerprint density at radius 1 is 1.43 bits per heavy atom. The third kappa shape index (κ3) is 2.53. The fraction of sp³-hybridized carbons (Fsp3) is 0.300. The molecule has 76 valence electrons. The van der Waals surface area contributed by atoms with Crippen molar-refractivity contribution in [1.82, 2.24) is 0 Å². The zero-order valence-electron chi connectivity index (χ0n) is 7.95. The van der Waals surface area contributed by atoms with Crippen LogP contribution in [0.3, 0.4) is 0 Å². The van der Waals surface area contributed by atoms with E-state index in [0.717, 1.165) is 0 Å². The second-order valence-corrected chi connectivity index (χ2v) is 3.38. The van der Waals surface area contributed by atoms with Crippen molar-refractivity contribution in [3.63, 3.8) is 0 Å². The Bertz CT molecular complexity index is 341. The summed E-state index contributed by atoms with van der Waals surface area (Å²) in [7, 11) is 0. The highest BCUT2D eigenvalue weighted by molar-refractivity contribution is 5.80. The Kier molecular flexibility index (Phi) is 2.86. The number of hydrogen-bond donors (Lipinski definition) is 1. The number of esters is 1. The normalized spacial score (nSPS) is 11.1. The average Bonchev–Trinajstić information content (AvgIpc) is 2.07. The highest BCUT2D eigenvalue weighted by Gasteiger charge is 2.26. The van der Waals surface area contributed by atoms with E-state index >= 15 is 0 Å². The highest BCUT2D eigenvalue weighted by atomic mass is 19.1. The molecule has 3 nitrogen and oxygen atoms in total. The van der Waals surface area contributed by atoms with E-state index in [1.165, 1.54) is 38.1 Å². The molecule has 0 unspecified atom stereocenters. The second-order valence-electron chi connectivity index (χ2n) is 3.38. The maximum absolute atomic E-state index is 13.0. The Morgan fingerprint density at radius 2 is 2.00 bits per heavy atom. The Morgan fingerprint density at radius 3 is 2.50 bits per heavy atom. The van der Waals surface area contributed by atoms with Gasteiger partial charge in [-0.3, -0.25) is 0 Å². The summed E-state index contributed by atoms with van der Waals surface area (Å²) in [5.74, 6) is -1.70. The van der Waals surface area contributed by atoms with Crippen LogP contribution in [0.5, 0.6) is 5.75 Å². The lowest BCUT2D eigenvalue weighted by atomic mass is 10.1. The van der Waals surface area contributed by atoms with Gasteiger partial charge in [0.15, 0.2) is 17.2 Å². The molecule has 0 saturated carbocycles. The molecule has 1 aromatic carbocycles.